The molecule has 0 spiro atoms. The van der Waals surface area contributed by atoms with Crippen molar-refractivity contribution in [1.29, 1.82) is 5.26 Å². The first-order valence-electron chi connectivity index (χ1n) is 16.5. The monoisotopic (exact) mass is 666 g/mol. The van der Waals surface area contributed by atoms with Crippen LogP contribution in [0.3, 0.4) is 0 Å². The number of likely N-dealkylation sites (tertiary alicyclic amines) is 1. The summed E-state index contributed by atoms with van der Waals surface area (Å²) in [5.41, 5.74) is 3.08. The number of benzene rings is 2. The smallest absolute Gasteiger partial charge is 0.318 e. The number of aromatic nitrogens is 5. The number of hydrogen-bond donors (Lipinski definition) is 0. The van der Waals surface area contributed by atoms with E-state index in [1.807, 2.05) is 12.1 Å². The maximum atomic E-state index is 13.3. The van der Waals surface area contributed by atoms with E-state index in [1.54, 1.807) is 24.4 Å². The number of fused-ring (bicyclic) bond motifs is 2. The van der Waals surface area contributed by atoms with Gasteiger partial charge in [0.1, 0.15) is 24.6 Å². The van der Waals surface area contributed by atoms with E-state index >= 15 is 0 Å². The molecule has 13 heteroatoms. The molecule has 2 aromatic heterocycles. The minimum absolute atomic E-state index is 0.165. The molecule has 48 heavy (non-hydrogen) atoms. The summed E-state index contributed by atoms with van der Waals surface area (Å²) in [6, 6.07) is 14.9. The number of carbonyl (C=O) groups excluding carboxylic acids is 1. The third-order valence-electron chi connectivity index (χ3n) is 9.66. The quantitative estimate of drug-likeness (QED) is 0.252. The van der Waals surface area contributed by atoms with Crippen LogP contribution in [0.25, 0.3) is 17.0 Å². The lowest BCUT2D eigenvalue weighted by atomic mass is 10.0. The van der Waals surface area contributed by atoms with Gasteiger partial charge in [0.25, 0.3) is 0 Å². The Balaban J connectivity index is 1.17. The molecular weight excluding hydrogens is 628 g/mol. The van der Waals surface area contributed by atoms with Gasteiger partial charge in [0, 0.05) is 61.1 Å². The van der Waals surface area contributed by atoms with Crippen LogP contribution in [-0.4, -0.2) is 98.9 Å². The highest BCUT2D eigenvalue weighted by molar-refractivity contribution is 6.36. The molecule has 5 heterocycles. The molecule has 7 rings (SSSR count). The molecular formula is C35H39ClN10O2. The fraction of sp³-hybridized carbons (Fsp3) is 0.429. The molecule has 0 bridgehead atoms. The fourth-order valence-electron chi connectivity index (χ4n) is 7.11. The standard InChI is InChI=1S/C35H39ClN10O2/c1-24-38-23-45(41-24)17-13-32(47)46-19-18-44(20-26(46)11-14-37)34-28-12-16-43(31-10-4-7-25-6-3-9-29(36)33(25)31)21-30(28)39-35(40-34)48-22-27-8-5-15-42(27)2/h3-4,6-7,9-10,13,17,23,26-27H,5,8,11-12,15-16,18-22H2,1-2H3/b17-13+/t26-,27-/m0/s1. The number of carbonyl (C=O) groups is 1. The molecule has 3 aliphatic rings. The summed E-state index contributed by atoms with van der Waals surface area (Å²) in [4.78, 5) is 36.1. The summed E-state index contributed by atoms with van der Waals surface area (Å²) in [6.45, 7) is 6.23. The van der Waals surface area contributed by atoms with Crippen LogP contribution in [0.5, 0.6) is 6.01 Å². The Hall–Kier alpha value is -4.73. The Morgan fingerprint density at radius 2 is 1.96 bits per heavy atom. The van der Waals surface area contributed by atoms with Crippen molar-refractivity contribution in [2.45, 2.75) is 51.2 Å². The number of aryl methyl sites for hydroxylation is 1. The topological polar surface area (TPSA) is 120 Å². The number of likely N-dealkylation sites (N-methyl/N-ethyl adjacent to an activating group) is 1. The van der Waals surface area contributed by atoms with E-state index in [0.29, 0.717) is 50.7 Å². The number of nitrogens with zero attached hydrogens (tertiary/aromatic N) is 10. The minimum Gasteiger partial charge on any atom is -0.462 e. The van der Waals surface area contributed by atoms with Gasteiger partial charge in [0.2, 0.25) is 5.91 Å². The number of rotatable bonds is 8. The maximum Gasteiger partial charge on any atom is 0.318 e. The Kier molecular flexibility index (Phi) is 9.15. The Morgan fingerprint density at radius 3 is 2.73 bits per heavy atom. The number of halogens is 1. The van der Waals surface area contributed by atoms with Gasteiger partial charge in [-0.2, -0.15) is 20.3 Å². The molecule has 2 fully saturated rings. The van der Waals surface area contributed by atoms with Crippen molar-refractivity contribution in [2.75, 3.05) is 56.2 Å². The third kappa shape index (κ3) is 6.53. The van der Waals surface area contributed by atoms with E-state index in [9.17, 15) is 10.1 Å². The molecule has 4 aromatic rings. The lowest BCUT2D eigenvalue weighted by molar-refractivity contribution is -0.128. The molecule has 248 valence electrons. The Morgan fingerprint density at radius 1 is 1.10 bits per heavy atom. The SMILES string of the molecule is Cc1ncn(/C=C/C(=O)N2CCN(c3nc(OC[C@@H]4CCCN4C)nc4c3CCN(c3cccc5cccc(Cl)c35)C4)C[C@@H]2CC#N)n1. The van der Waals surface area contributed by atoms with Gasteiger partial charge in [-0.15, -0.1) is 0 Å². The number of anilines is 2. The average Bonchev–Trinajstić information content (AvgIpc) is 3.72. The number of amides is 1. The molecule has 0 aliphatic carbocycles. The molecule has 0 saturated carbocycles. The number of ether oxygens (including phenoxy) is 1. The van der Waals surface area contributed by atoms with Crippen molar-refractivity contribution in [1.82, 2.24) is 34.5 Å². The van der Waals surface area contributed by atoms with Crippen molar-refractivity contribution in [3.63, 3.8) is 0 Å². The van der Waals surface area contributed by atoms with Crippen LogP contribution in [0.1, 0.15) is 36.3 Å². The van der Waals surface area contributed by atoms with Gasteiger partial charge < -0.3 is 24.3 Å². The molecule has 0 radical (unpaired) electrons. The molecule has 0 N–H and O–H groups in total. The summed E-state index contributed by atoms with van der Waals surface area (Å²) < 4.78 is 7.84. The predicted molar refractivity (Wildman–Crippen MR) is 185 cm³/mol. The summed E-state index contributed by atoms with van der Waals surface area (Å²) in [5, 5.41) is 16.8. The van der Waals surface area contributed by atoms with Crippen molar-refractivity contribution < 1.29 is 9.53 Å². The van der Waals surface area contributed by atoms with Gasteiger partial charge in [-0.1, -0.05) is 35.9 Å². The Bertz CT molecular complexity index is 1880. The second-order valence-corrected chi connectivity index (χ2v) is 13.1. The summed E-state index contributed by atoms with van der Waals surface area (Å²) >= 11 is 6.73. The van der Waals surface area contributed by atoms with E-state index in [4.69, 9.17) is 26.3 Å². The molecule has 0 unspecified atom stereocenters. The molecule has 2 aromatic carbocycles. The lowest BCUT2D eigenvalue weighted by Crippen LogP contribution is -2.55. The van der Waals surface area contributed by atoms with E-state index in [2.05, 4.69) is 62.2 Å². The second-order valence-electron chi connectivity index (χ2n) is 12.7. The van der Waals surface area contributed by atoms with Crippen LogP contribution in [0, 0.1) is 18.3 Å². The summed E-state index contributed by atoms with van der Waals surface area (Å²) in [6.07, 6.45) is 7.82. The molecule has 2 atom stereocenters. The van der Waals surface area contributed by atoms with Gasteiger partial charge in [-0.3, -0.25) is 4.79 Å². The third-order valence-corrected chi connectivity index (χ3v) is 9.97. The number of nitriles is 1. The zero-order chi connectivity index (χ0) is 33.2. The lowest BCUT2D eigenvalue weighted by Gasteiger charge is -2.42. The zero-order valence-electron chi connectivity index (χ0n) is 27.3. The van der Waals surface area contributed by atoms with Crippen LogP contribution in [-0.2, 0) is 17.8 Å². The van der Waals surface area contributed by atoms with Crippen LogP contribution in [0.4, 0.5) is 11.5 Å². The van der Waals surface area contributed by atoms with Crippen LogP contribution < -0.4 is 14.5 Å². The van der Waals surface area contributed by atoms with E-state index in [1.165, 1.54) is 10.8 Å². The first kappa shape index (κ1) is 31.8. The highest BCUT2D eigenvalue weighted by Gasteiger charge is 2.34. The normalized spacial score (nSPS) is 20.0. The van der Waals surface area contributed by atoms with Gasteiger partial charge >= 0.3 is 6.01 Å². The number of piperazine rings is 1. The molecule has 2 saturated heterocycles. The second kappa shape index (κ2) is 13.8. The van der Waals surface area contributed by atoms with Gasteiger partial charge in [0.05, 0.1) is 35.8 Å². The van der Waals surface area contributed by atoms with Gasteiger partial charge in [-0.05, 0) is 57.3 Å². The van der Waals surface area contributed by atoms with Crippen LogP contribution >= 0.6 is 11.6 Å². The van der Waals surface area contributed by atoms with Crippen LogP contribution in [0.2, 0.25) is 5.02 Å². The van der Waals surface area contributed by atoms with Gasteiger partial charge in [-0.25, -0.2) is 9.67 Å². The van der Waals surface area contributed by atoms with Crippen LogP contribution in [0.15, 0.2) is 48.8 Å². The fourth-order valence-corrected chi connectivity index (χ4v) is 7.39. The molecule has 3 aliphatic heterocycles. The minimum atomic E-state index is -0.307. The average molecular weight is 667 g/mol. The van der Waals surface area contributed by atoms with Gasteiger partial charge in [0.15, 0.2) is 0 Å². The first-order chi connectivity index (χ1) is 23.4. The summed E-state index contributed by atoms with van der Waals surface area (Å²) in [5.74, 6) is 1.29. The van der Waals surface area contributed by atoms with Crippen molar-refractivity contribution in [3.05, 3.63) is 70.9 Å². The van der Waals surface area contributed by atoms with Crippen molar-refractivity contribution in [3.8, 4) is 12.1 Å². The molecule has 12 nitrogen and oxygen atoms in total. The maximum absolute atomic E-state index is 13.3. The predicted octanol–water partition coefficient (Wildman–Crippen LogP) is 4.32. The van der Waals surface area contributed by atoms with Crippen molar-refractivity contribution >= 4 is 46.0 Å². The van der Waals surface area contributed by atoms with Crippen molar-refractivity contribution in [2.24, 2.45) is 0 Å². The largest absolute Gasteiger partial charge is 0.462 e. The van der Waals surface area contributed by atoms with E-state index < -0.39 is 0 Å². The van der Waals surface area contributed by atoms with E-state index in [0.717, 1.165) is 70.9 Å². The highest BCUT2D eigenvalue weighted by atomic mass is 35.5. The molecule has 1 amide bonds. The highest BCUT2D eigenvalue weighted by Crippen LogP contribution is 2.37. The van der Waals surface area contributed by atoms with E-state index in [-0.39, 0.29) is 18.4 Å². The zero-order valence-corrected chi connectivity index (χ0v) is 28.1. The Labute approximate surface area is 285 Å². The number of hydrogen-bond acceptors (Lipinski definition) is 10. The summed E-state index contributed by atoms with van der Waals surface area (Å²) in [7, 11) is 2.13. The first-order valence-corrected chi connectivity index (χ1v) is 16.9.